The summed E-state index contributed by atoms with van der Waals surface area (Å²) in [5, 5.41) is 10.6. The highest BCUT2D eigenvalue weighted by Crippen LogP contribution is 2.45. The standard InChI is InChI=1S/C83H162O17P2/c1-8-10-11-12-13-33-43-50-57-64-80(85)93-70-78(100-83(88)67-60-53-46-39-32-35-41-48-55-62-75(5)6)72-97-101(89,90)95-68-77(84)69-96-102(91,92)98-73-79(71-94-81(86)65-58-51-44-37-30-26-22-19-18-20-24-28-34-40-47-54-61-74(3)4)99-82(87)66-59-52-45-38-31-27-23-17-15-14-16-21-25-29-36-42-49-56-63-76(7)9-2/h74-79,84H,8-73H2,1-7H3,(H,89,90)(H,91,92)/t76?,77-,78+,79+/m0/s1. The lowest BCUT2D eigenvalue weighted by molar-refractivity contribution is -0.161. The first-order chi connectivity index (χ1) is 49.3. The number of rotatable bonds is 81. The van der Waals surface area contributed by atoms with Gasteiger partial charge in [-0.05, 0) is 43.4 Å². The number of unbranched alkanes of at least 4 members (excludes halogenated alkanes) is 48. The van der Waals surface area contributed by atoms with Crippen LogP contribution in [0.5, 0.6) is 0 Å². The highest BCUT2D eigenvalue weighted by molar-refractivity contribution is 7.47. The molecule has 0 aromatic carbocycles. The fourth-order valence-electron chi connectivity index (χ4n) is 12.8. The number of hydrogen-bond donors (Lipinski definition) is 3. The van der Waals surface area contributed by atoms with Crippen molar-refractivity contribution >= 4 is 39.5 Å². The van der Waals surface area contributed by atoms with Crippen LogP contribution in [0.15, 0.2) is 0 Å². The van der Waals surface area contributed by atoms with Gasteiger partial charge in [-0.15, -0.1) is 0 Å². The SMILES string of the molecule is CCCCCCCCCCCC(=O)OC[C@H](COP(=O)(O)OC[C@H](O)COP(=O)(O)OC[C@@H](COC(=O)CCCCCCCCCCCCCCCCCCC(C)C)OC(=O)CCCCCCCCCCCCCCCCCCCCC(C)CC)OC(=O)CCCCCCCCCCCC(C)C. The van der Waals surface area contributed by atoms with Crippen LogP contribution in [0.1, 0.15) is 434 Å². The van der Waals surface area contributed by atoms with Crippen LogP contribution in [0.2, 0.25) is 0 Å². The van der Waals surface area contributed by atoms with Crippen molar-refractivity contribution < 1.29 is 80.2 Å². The van der Waals surface area contributed by atoms with E-state index >= 15 is 0 Å². The van der Waals surface area contributed by atoms with Gasteiger partial charge in [0.15, 0.2) is 12.2 Å². The molecule has 0 saturated heterocycles. The van der Waals surface area contributed by atoms with Gasteiger partial charge in [0.1, 0.15) is 19.3 Å². The molecule has 0 saturated carbocycles. The van der Waals surface area contributed by atoms with Crippen LogP contribution in [0.4, 0.5) is 0 Å². The summed E-state index contributed by atoms with van der Waals surface area (Å²) in [7, 11) is -9.92. The minimum Gasteiger partial charge on any atom is -0.462 e. The summed E-state index contributed by atoms with van der Waals surface area (Å²) in [6.07, 6.45) is 62.6. The molecular formula is C83H162O17P2. The molecule has 0 fully saturated rings. The summed E-state index contributed by atoms with van der Waals surface area (Å²) >= 11 is 0. The van der Waals surface area contributed by atoms with E-state index in [1.165, 1.54) is 244 Å². The molecule has 102 heavy (non-hydrogen) atoms. The first-order valence-corrected chi connectivity index (χ1v) is 45.9. The predicted molar refractivity (Wildman–Crippen MR) is 418 cm³/mol. The van der Waals surface area contributed by atoms with Gasteiger partial charge in [0, 0.05) is 25.7 Å². The quantitative estimate of drug-likeness (QED) is 0.0222. The van der Waals surface area contributed by atoms with Crippen LogP contribution in [0.3, 0.4) is 0 Å². The van der Waals surface area contributed by atoms with Crippen LogP contribution in [-0.2, 0) is 65.4 Å². The molecule has 0 aliphatic carbocycles. The molecular weight excluding hydrogens is 1330 g/mol. The fourth-order valence-corrected chi connectivity index (χ4v) is 14.4. The van der Waals surface area contributed by atoms with E-state index in [-0.39, 0.29) is 25.7 Å². The number of aliphatic hydroxyl groups excluding tert-OH is 1. The molecule has 606 valence electrons. The summed E-state index contributed by atoms with van der Waals surface area (Å²) in [5.74, 6) is 0.309. The van der Waals surface area contributed by atoms with Gasteiger partial charge in [-0.1, -0.05) is 382 Å². The Balaban J connectivity index is 5.19. The molecule has 0 aliphatic heterocycles. The van der Waals surface area contributed by atoms with E-state index in [0.29, 0.717) is 25.7 Å². The lowest BCUT2D eigenvalue weighted by atomic mass is 9.99. The second-order valence-corrected chi connectivity index (χ2v) is 34.0. The first-order valence-electron chi connectivity index (χ1n) is 42.9. The Kier molecular flexibility index (Phi) is 71.8. The third-order valence-corrected chi connectivity index (χ3v) is 21.6. The topological polar surface area (TPSA) is 237 Å². The van der Waals surface area contributed by atoms with E-state index in [4.69, 9.17) is 37.0 Å². The molecule has 0 aromatic rings. The smallest absolute Gasteiger partial charge is 0.462 e. The summed E-state index contributed by atoms with van der Waals surface area (Å²) in [6.45, 7) is 12.0. The number of aliphatic hydroxyl groups is 1. The molecule has 0 radical (unpaired) electrons. The first kappa shape index (κ1) is 100. The Morgan fingerprint density at radius 2 is 0.500 bits per heavy atom. The Morgan fingerprint density at radius 1 is 0.284 bits per heavy atom. The number of carbonyl (C=O) groups is 4. The zero-order valence-electron chi connectivity index (χ0n) is 67.1. The van der Waals surface area contributed by atoms with Crippen LogP contribution < -0.4 is 0 Å². The van der Waals surface area contributed by atoms with Crippen molar-refractivity contribution in [2.24, 2.45) is 17.8 Å². The Labute approximate surface area is 626 Å². The van der Waals surface area contributed by atoms with Crippen LogP contribution >= 0.6 is 15.6 Å². The number of phosphoric acid groups is 2. The van der Waals surface area contributed by atoms with Gasteiger partial charge in [-0.25, -0.2) is 9.13 Å². The monoisotopic (exact) mass is 1490 g/mol. The molecule has 0 bridgehead atoms. The summed E-state index contributed by atoms with van der Waals surface area (Å²) in [6, 6.07) is 0. The van der Waals surface area contributed by atoms with E-state index in [9.17, 15) is 43.2 Å². The maximum absolute atomic E-state index is 13.1. The van der Waals surface area contributed by atoms with Gasteiger partial charge in [-0.3, -0.25) is 37.3 Å². The molecule has 0 spiro atoms. The van der Waals surface area contributed by atoms with E-state index in [2.05, 4.69) is 48.5 Å². The molecule has 0 amide bonds. The van der Waals surface area contributed by atoms with Gasteiger partial charge in [0.2, 0.25) is 0 Å². The number of esters is 4. The van der Waals surface area contributed by atoms with E-state index in [1.54, 1.807) is 0 Å². The van der Waals surface area contributed by atoms with Crippen LogP contribution in [-0.4, -0.2) is 96.7 Å². The van der Waals surface area contributed by atoms with Crippen molar-refractivity contribution in [3.05, 3.63) is 0 Å². The molecule has 0 aliphatic rings. The molecule has 0 heterocycles. The van der Waals surface area contributed by atoms with Gasteiger partial charge < -0.3 is 33.8 Å². The molecule has 3 unspecified atom stereocenters. The van der Waals surface area contributed by atoms with Gasteiger partial charge in [0.25, 0.3) is 0 Å². The second-order valence-electron chi connectivity index (χ2n) is 31.1. The summed E-state index contributed by atoms with van der Waals surface area (Å²) in [4.78, 5) is 73.0. The predicted octanol–water partition coefficient (Wildman–Crippen LogP) is 24.9. The summed E-state index contributed by atoms with van der Waals surface area (Å²) < 4.78 is 68.7. The molecule has 6 atom stereocenters. The fraction of sp³-hybridized carbons (Fsp3) is 0.952. The van der Waals surface area contributed by atoms with Crippen molar-refractivity contribution in [3.8, 4) is 0 Å². The van der Waals surface area contributed by atoms with E-state index in [1.807, 2.05) is 0 Å². The average molecular weight is 1490 g/mol. The average Bonchev–Trinajstić information content (AvgIpc) is 0.931. The molecule has 3 N–H and O–H groups in total. The molecule has 0 rings (SSSR count). The zero-order chi connectivity index (χ0) is 75.1. The van der Waals surface area contributed by atoms with E-state index in [0.717, 1.165) is 108 Å². The Bertz CT molecular complexity index is 1980. The third-order valence-electron chi connectivity index (χ3n) is 19.7. The highest BCUT2D eigenvalue weighted by Gasteiger charge is 2.30. The number of phosphoric ester groups is 2. The van der Waals surface area contributed by atoms with Crippen molar-refractivity contribution in [2.75, 3.05) is 39.6 Å². The lowest BCUT2D eigenvalue weighted by Crippen LogP contribution is -2.30. The Hall–Kier alpha value is -1.94. The maximum Gasteiger partial charge on any atom is 0.472 e. The van der Waals surface area contributed by atoms with Crippen molar-refractivity contribution in [2.45, 2.75) is 452 Å². The molecule has 19 heteroatoms. The zero-order valence-corrected chi connectivity index (χ0v) is 68.9. The maximum atomic E-state index is 13.1. The van der Waals surface area contributed by atoms with Crippen molar-refractivity contribution in [3.63, 3.8) is 0 Å². The molecule has 0 aromatic heterocycles. The van der Waals surface area contributed by atoms with Crippen molar-refractivity contribution in [1.82, 2.24) is 0 Å². The lowest BCUT2D eigenvalue weighted by Gasteiger charge is -2.21. The van der Waals surface area contributed by atoms with Gasteiger partial charge in [0.05, 0.1) is 26.4 Å². The normalized spacial score (nSPS) is 14.2. The molecule has 17 nitrogen and oxygen atoms in total. The third kappa shape index (κ3) is 74.9. The minimum absolute atomic E-state index is 0.105. The minimum atomic E-state index is -4.96. The highest BCUT2D eigenvalue weighted by atomic mass is 31.2. The number of ether oxygens (including phenoxy) is 4. The summed E-state index contributed by atoms with van der Waals surface area (Å²) in [5.41, 5.74) is 0. The van der Waals surface area contributed by atoms with Crippen molar-refractivity contribution in [1.29, 1.82) is 0 Å². The Morgan fingerprint density at radius 3 is 0.745 bits per heavy atom. The largest absolute Gasteiger partial charge is 0.472 e. The van der Waals surface area contributed by atoms with Gasteiger partial charge in [-0.2, -0.15) is 0 Å². The van der Waals surface area contributed by atoms with Gasteiger partial charge >= 0.3 is 39.5 Å². The van der Waals surface area contributed by atoms with Crippen LogP contribution in [0.25, 0.3) is 0 Å². The van der Waals surface area contributed by atoms with E-state index < -0.39 is 97.5 Å². The van der Waals surface area contributed by atoms with Crippen LogP contribution in [0, 0.1) is 17.8 Å². The second kappa shape index (κ2) is 73.2. The number of hydrogen-bond acceptors (Lipinski definition) is 15. The number of carbonyl (C=O) groups excluding carboxylic acids is 4.